The van der Waals surface area contributed by atoms with Gasteiger partial charge in [-0.25, -0.2) is 4.98 Å². The van der Waals surface area contributed by atoms with E-state index in [4.69, 9.17) is 0 Å². The second-order valence-electron chi connectivity index (χ2n) is 3.16. The number of anilines is 1. The van der Waals surface area contributed by atoms with Gasteiger partial charge in [0, 0.05) is 18.0 Å². The van der Waals surface area contributed by atoms with Crippen LogP contribution in [0, 0.1) is 0 Å². The van der Waals surface area contributed by atoms with Crippen LogP contribution in [0.1, 0.15) is 12.8 Å². The normalized spacial score (nSPS) is 23.0. The van der Waals surface area contributed by atoms with E-state index < -0.39 is 0 Å². The van der Waals surface area contributed by atoms with Crippen molar-refractivity contribution in [2.24, 2.45) is 0 Å². The van der Waals surface area contributed by atoms with Crippen LogP contribution in [-0.4, -0.2) is 24.1 Å². The van der Waals surface area contributed by atoms with Gasteiger partial charge in [-0.05, 0) is 35.3 Å². The van der Waals surface area contributed by atoms with Gasteiger partial charge in [-0.15, -0.1) is 11.3 Å². The molecule has 1 unspecified atom stereocenters. The zero-order valence-electron chi connectivity index (χ0n) is 7.22. The first-order valence-electron chi connectivity index (χ1n) is 4.43. The molecule has 0 radical (unpaired) electrons. The standard InChI is InChI=1S/C8H12BrN3S/c9-7-5-13-8(12-7)11-6-2-1-3-10-4-6/h5-6,10H,1-4H2,(H,11,12). The molecule has 1 fully saturated rings. The van der Waals surface area contributed by atoms with Gasteiger partial charge in [-0.2, -0.15) is 0 Å². The summed E-state index contributed by atoms with van der Waals surface area (Å²) in [6.45, 7) is 2.21. The fraction of sp³-hybridized carbons (Fsp3) is 0.625. The largest absolute Gasteiger partial charge is 0.357 e. The lowest BCUT2D eigenvalue weighted by molar-refractivity contribution is 0.479. The van der Waals surface area contributed by atoms with Crippen LogP contribution in [-0.2, 0) is 0 Å². The van der Waals surface area contributed by atoms with E-state index in [0.29, 0.717) is 6.04 Å². The molecule has 72 valence electrons. The van der Waals surface area contributed by atoms with Crippen LogP contribution < -0.4 is 10.6 Å². The van der Waals surface area contributed by atoms with E-state index in [1.54, 1.807) is 11.3 Å². The molecule has 1 saturated heterocycles. The molecule has 2 heterocycles. The van der Waals surface area contributed by atoms with Gasteiger partial charge in [0.25, 0.3) is 0 Å². The number of thiazole rings is 1. The number of hydrogen-bond acceptors (Lipinski definition) is 4. The first kappa shape index (κ1) is 9.43. The molecule has 1 aliphatic heterocycles. The molecule has 0 amide bonds. The number of nitrogens with zero attached hydrogens (tertiary/aromatic N) is 1. The number of halogens is 1. The van der Waals surface area contributed by atoms with E-state index in [-0.39, 0.29) is 0 Å². The summed E-state index contributed by atoms with van der Waals surface area (Å²) in [4.78, 5) is 4.30. The lowest BCUT2D eigenvalue weighted by Gasteiger charge is -2.23. The Bertz CT molecular complexity index is 270. The van der Waals surface area contributed by atoms with Gasteiger partial charge in [0.15, 0.2) is 5.13 Å². The molecule has 1 aromatic heterocycles. The fourth-order valence-corrected chi connectivity index (χ4v) is 2.69. The molecule has 2 rings (SSSR count). The zero-order chi connectivity index (χ0) is 9.10. The molecule has 5 heteroatoms. The van der Waals surface area contributed by atoms with Gasteiger partial charge in [0.2, 0.25) is 0 Å². The minimum absolute atomic E-state index is 0.548. The smallest absolute Gasteiger partial charge is 0.183 e. The highest BCUT2D eigenvalue weighted by Gasteiger charge is 2.13. The maximum Gasteiger partial charge on any atom is 0.183 e. The Morgan fingerprint density at radius 1 is 1.69 bits per heavy atom. The average Bonchev–Trinajstić information content (AvgIpc) is 2.53. The molecule has 0 spiro atoms. The van der Waals surface area contributed by atoms with E-state index in [2.05, 4.69) is 31.5 Å². The van der Waals surface area contributed by atoms with E-state index >= 15 is 0 Å². The molecule has 0 bridgehead atoms. The Morgan fingerprint density at radius 2 is 2.62 bits per heavy atom. The molecule has 1 atom stereocenters. The van der Waals surface area contributed by atoms with E-state index in [1.807, 2.05) is 5.38 Å². The second kappa shape index (κ2) is 4.39. The minimum atomic E-state index is 0.548. The van der Waals surface area contributed by atoms with Crippen LogP contribution in [0.15, 0.2) is 9.98 Å². The average molecular weight is 262 g/mol. The Labute approximate surface area is 90.1 Å². The molecular weight excluding hydrogens is 250 g/mol. The second-order valence-corrected chi connectivity index (χ2v) is 4.83. The van der Waals surface area contributed by atoms with Crippen LogP contribution in [0.4, 0.5) is 5.13 Å². The summed E-state index contributed by atoms with van der Waals surface area (Å²) in [5.41, 5.74) is 0. The van der Waals surface area contributed by atoms with Gasteiger partial charge in [-0.1, -0.05) is 0 Å². The predicted molar refractivity (Wildman–Crippen MR) is 59.3 cm³/mol. The van der Waals surface area contributed by atoms with E-state index in [9.17, 15) is 0 Å². The molecular formula is C8H12BrN3S. The fourth-order valence-electron chi connectivity index (χ4n) is 1.47. The molecule has 1 aliphatic rings. The summed E-state index contributed by atoms with van der Waals surface area (Å²) in [6, 6.07) is 0.548. The Balaban J connectivity index is 1.89. The third-order valence-electron chi connectivity index (χ3n) is 2.10. The maximum absolute atomic E-state index is 4.30. The number of hydrogen-bond donors (Lipinski definition) is 2. The highest BCUT2D eigenvalue weighted by atomic mass is 79.9. The molecule has 2 N–H and O–H groups in total. The Morgan fingerprint density at radius 3 is 3.23 bits per heavy atom. The first-order valence-corrected chi connectivity index (χ1v) is 6.10. The van der Waals surface area contributed by atoms with Crippen molar-refractivity contribution in [3.05, 3.63) is 9.98 Å². The summed E-state index contributed by atoms with van der Waals surface area (Å²) >= 11 is 4.99. The summed E-state index contributed by atoms with van der Waals surface area (Å²) in [6.07, 6.45) is 2.49. The number of piperidine rings is 1. The van der Waals surface area contributed by atoms with Crippen molar-refractivity contribution in [3.63, 3.8) is 0 Å². The number of aromatic nitrogens is 1. The van der Waals surface area contributed by atoms with Gasteiger partial charge in [0.1, 0.15) is 4.60 Å². The lowest BCUT2D eigenvalue weighted by Crippen LogP contribution is -2.38. The number of rotatable bonds is 2. The van der Waals surface area contributed by atoms with Crippen LogP contribution >= 0.6 is 27.3 Å². The highest BCUT2D eigenvalue weighted by Crippen LogP contribution is 2.21. The van der Waals surface area contributed by atoms with Crippen LogP contribution in [0.2, 0.25) is 0 Å². The SMILES string of the molecule is Brc1csc(NC2CCCNC2)n1. The van der Waals surface area contributed by atoms with Gasteiger partial charge in [0.05, 0.1) is 0 Å². The Hall–Kier alpha value is -0.130. The van der Waals surface area contributed by atoms with Gasteiger partial charge in [-0.3, -0.25) is 0 Å². The van der Waals surface area contributed by atoms with Crippen molar-refractivity contribution < 1.29 is 0 Å². The molecule has 3 nitrogen and oxygen atoms in total. The van der Waals surface area contributed by atoms with Crippen molar-refractivity contribution >= 4 is 32.4 Å². The predicted octanol–water partition coefficient (Wildman–Crippen LogP) is 2.07. The molecule has 0 saturated carbocycles. The summed E-state index contributed by atoms with van der Waals surface area (Å²) < 4.78 is 0.920. The van der Waals surface area contributed by atoms with Crippen LogP contribution in [0.25, 0.3) is 0 Å². The third kappa shape index (κ3) is 2.65. The van der Waals surface area contributed by atoms with Crippen LogP contribution in [0.5, 0.6) is 0 Å². The van der Waals surface area contributed by atoms with Crippen molar-refractivity contribution in [3.8, 4) is 0 Å². The maximum atomic E-state index is 4.30. The highest BCUT2D eigenvalue weighted by molar-refractivity contribution is 9.10. The van der Waals surface area contributed by atoms with Gasteiger partial charge >= 0.3 is 0 Å². The third-order valence-corrected chi connectivity index (χ3v) is 3.58. The van der Waals surface area contributed by atoms with Gasteiger partial charge < -0.3 is 10.6 Å². The topological polar surface area (TPSA) is 37.0 Å². The minimum Gasteiger partial charge on any atom is -0.357 e. The van der Waals surface area contributed by atoms with Crippen LogP contribution in [0.3, 0.4) is 0 Å². The summed E-state index contributed by atoms with van der Waals surface area (Å²) in [5, 5.41) is 9.79. The first-order chi connectivity index (χ1) is 6.34. The summed E-state index contributed by atoms with van der Waals surface area (Å²) in [5.74, 6) is 0. The van der Waals surface area contributed by atoms with E-state index in [0.717, 1.165) is 22.8 Å². The number of nitrogens with one attached hydrogen (secondary N) is 2. The summed E-state index contributed by atoms with van der Waals surface area (Å²) in [7, 11) is 0. The Kier molecular flexibility index (Phi) is 3.18. The molecule has 0 aromatic carbocycles. The molecule has 1 aromatic rings. The molecule has 0 aliphatic carbocycles. The monoisotopic (exact) mass is 261 g/mol. The lowest BCUT2D eigenvalue weighted by atomic mass is 10.1. The van der Waals surface area contributed by atoms with Crippen molar-refractivity contribution in [2.75, 3.05) is 18.4 Å². The van der Waals surface area contributed by atoms with E-state index in [1.165, 1.54) is 12.8 Å². The zero-order valence-corrected chi connectivity index (χ0v) is 9.62. The van der Waals surface area contributed by atoms with Crippen molar-refractivity contribution in [1.82, 2.24) is 10.3 Å². The van der Waals surface area contributed by atoms with Crippen molar-refractivity contribution in [2.45, 2.75) is 18.9 Å². The quantitative estimate of drug-likeness (QED) is 0.856. The van der Waals surface area contributed by atoms with Crippen molar-refractivity contribution in [1.29, 1.82) is 0 Å². The molecule has 13 heavy (non-hydrogen) atoms.